The summed E-state index contributed by atoms with van der Waals surface area (Å²) in [7, 11) is 1.88. The van der Waals surface area contributed by atoms with Crippen molar-refractivity contribution in [1.82, 2.24) is 9.80 Å². The lowest BCUT2D eigenvalue weighted by atomic mass is 10.2. The Morgan fingerprint density at radius 1 is 1.32 bits per heavy atom. The minimum absolute atomic E-state index is 0.133. The van der Waals surface area contributed by atoms with Crippen molar-refractivity contribution in [3.8, 4) is 11.5 Å². The Kier molecular flexibility index (Phi) is 6.07. The molecule has 0 spiro atoms. The molecular weight excluding hydrogens is 280 g/mol. The number of hydrogen-bond acceptors (Lipinski definition) is 4. The molecule has 0 aliphatic carbocycles. The van der Waals surface area contributed by atoms with Crippen LogP contribution in [0.4, 0.5) is 0 Å². The van der Waals surface area contributed by atoms with Gasteiger partial charge in [0.1, 0.15) is 6.61 Å². The van der Waals surface area contributed by atoms with Crippen LogP contribution in [0.25, 0.3) is 0 Å². The van der Waals surface area contributed by atoms with Crippen molar-refractivity contribution >= 4 is 5.91 Å². The zero-order valence-electron chi connectivity index (χ0n) is 13.7. The summed E-state index contributed by atoms with van der Waals surface area (Å²) in [6.45, 7) is 7.64. The van der Waals surface area contributed by atoms with E-state index in [0.717, 1.165) is 37.6 Å². The normalized spacial score (nSPS) is 18.2. The quantitative estimate of drug-likeness (QED) is 0.773. The van der Waals surface area contributed by atoms with E-state index in [1.807, 2.05) is 43.1 Å². The van der Waals surface area contributed by atoms with Gasteiger partial charge in [-0.1, -0.05) is 12.1 Å². The second-order valence-electron chi connectivity index (χ2n) is 5.60. The van der Waals surface area contributed by atoms with Crippen LogP contribution in [0.2, 0.25) is 0 Å². The number of likely N-dealkylation sites (N-methyl/N-ethyl adjacent to an activating group) is 1. The molecule has 22 heavy (non-hydrogen) atoms. The van der Waals surface area contributed by atoms with Crippen molar-refractivity contribution < 1.29 is 14.3 Å². The van der Waals surface area contributed by atoms with Crippen molar-refractivity contribution in [1.29, 1.82) is 0 Å². The fourth-order valence-corrected chi connectivity index (χ4v) is 2.72. The van der Waals surface area contributed by atoms with E-state index in [1.54, 1.807) is 6.92 Å². The molecule has 0 aromatic heterocycles. The van der Waals surface area contributed by atoms with Crippen molar-refractivity contribution in [3.05, 3.63) is 24.3 Å². The summed E-state index contributed by atoms with van der Waals surface area (Å²) in [6.07, 6.45) is 1.03. The number of carbonyl (C=O) groups excluding carboxylic acids is 1. The summed E-state index contributed by atoms with van der Waals surface area (Å²) in [5.74, 6) is 1.72. The van der Waals surface area contributed by atoms with E-state index < -0.39 is 0 Å². The maximum absolute atomic E-state index is 11.4. The van der Waals surface area contributed by atoms with Gasteiger partial charge < -0.3 is 14.4 Å². The lowest BCUT2D eigenvalue weighted by Gasteiger charge is -2.23. The summed E-state index contributed by atoms with van der Waals surface area (Å²) in [5.41, 5.74) is 0. The number of amides is 1. The van der Waals surface area contributed by atoms with Gasteiger partial charge in [-0.2, -0.15) is 0 Å². The predicted molar refractivity (Wildman–Crippen MR) is 86.4 cm³/mol. The van der Waals surface area contributed by atoms with Gasteiger partial charge in [-0.25, -0.2) is 0 Å². The zero-order chi connectivity index (χ0) is 15.9. The van der Waals surface area contributed by atoms with E-state index in [1.165, 1.54) is 0 Å². The van der Waals surface area contributed by atoms with Gasteiger partial charge in [0.15, 0.2) is 11.5 Å². The third-order valence-corrected chi connectivity index (χ3v) is 4.11. The number of benzene rings is 1. The van der Waals surface area contributed by atoms with Crippen LogP contribution >= 0.6 is 0 Å². The van der Waals surface area contributed by atoms with Gasteiger partial charge in [0, 0.05) is 39.6 Å². The van der Waals surface area contributed by atoms with Crippen molar-refractivity contribution in [2.24, 2.45) is 0 Å². The molecule has 1 heterocycles. The third kappa shape index (κ3) is 4.37. The Bertz CT molecular complexity index is 493. The maximum atomic E-state index is 11.4. The molecule has 0 N–H and O–H groups in total. The lowest BCUT2D eigenvalue weighted by Crippen LogP contribution is -2.38. The largest absolute Gasteiger partial charge is 0.490 e. The molecule has 1 atom stereocenters. The first-order valence-electron chi connectivity index (χ1n) is 7.92. The highest BCUT2D eigenvalue weighted by molar-refractivity contribution is 5.73. The van der Waals surface area contributed by atoms with Crippen LogP contribution in [0, 0.1) is 0 Å². The van der Waals surface area contributed by atoms with Crippen LogP contribution in [-0.2, 0) is 4.79 Å². The smallest absolute Gasteiger partial charge is 0.219 e. The summed E-state index contributed by atoms with van der Waals surface area (Å²) >= 11 is 0. The monoisotopic (exact) mass is 306 g/mol. The van der Waals surface area contributed by atoms with Crippen LogP contribution < -0.4 is 9.47 Å². The summed E-state index contributed by atoms with van der Waals surface area (Å²) < 4.78 is 11.4. The number of nitrogens with zero attached hydrogens (tertiary/aromatic N) is 2. The number of para-hydroxylation sites is 2. The minimum Gasteiger partial charge on any atom is -0.490 e. The van der Waals surface area contributed by atoms with Crippen molar-refractivity contribution in [3.63, 3.8) is 0 Å². The molecule has 1 fully saturated rings. The van der Waals surface area contributed by atoms with E-state index in [9.17, 15) is 4.79 Å². The Labute approximate surface area is 132 Å². The number of carbonyl (C=O) groups is 1. The molecule has 1 aliphatic heterocycles. The molecule has 1 aliphatic rings. The molecule has 1 aromatic rings. The van der Waals surface area contributed by atoms with Crippen LogP contribution in [0.3, 0.4) is 0 Å². The second-order valence-corrected chi connectivity index (χ2v) is 5.60. The average molecular weight is 306 g/mol. The Morgan fingerprint density at radius 3 is 2.64 bits per heavy atom. The van der Waals surface area contributed by atoms with Gasteiger partial charge in [-0.3, -0.25) is 9.69 Å². The van der Waals surface area contributed by atoms with Crippen molar-refractivity contribution in [2.75, 3.05) is 39.9 Å². The van der Waals surface area contributed by atoms with E-state index >= 15 is 0 Å². The van der Waals surface area contributed by atoms with Gasteiger partial charge in [0.25, 0.3) is 0 Å². The molecular formula is C17H26N2O3. The van der Waals surface area contributed by atoms with E-state index in [-0.39, 0.29) is 5.91 Å². The number of likely N-dealkylation sites (tertiary alicyclic amines) is 1. The summed E-state index contributed by atoms with van der Waals surface area (Å²) in [4.78, 5) is 15.6. The SMILES string of the molecule is CCOc1ccccc1OCCN1CC[C@@H](N(C)C(C)=O)C1. The second kappa shape index (κ2) is 8.03. The minimum atomic E-state index is 0.133. The van der Waals surface area contributed by atoms with Crippen LogP contribution in [0.15, 0.2) is 24.3 Å². The van der Waals surface area contributed by atoms with Gasteiger partial charge in [-0.05, 0) is 25.5 Å². The molecule has 122 valence electrons. The number of ether oxygens (including phenoxy) is 2. The molecule has 2 rings (SSSR count). The highest BCUT2D eigenvalue weighted by Gasteiger charge is 2.26. The number of rotatable bonds is 7. The molecule has 1 amide bonds. The summed E-state index contributed by atoms with van der Waals surface area (Å²) in [5, 5.41) is 0. The van der Waals surface area contributed by atoms with Crippen molar-refractivity contribution in [2.45, 2.75) is 26.3 Å². The van der Waals surface area contributed by atoms with Crippen LogP contribution in [-0.4, -0.2) is 61.6 Å². The standard InChI is InChI=1S/C17H26N2O3/c1-4-21-16-7-5-6-8-17(16)22-12-11-19-10-9-15(13-19)18(3)14(2)20/h5-8,15H,4,9-13H2,1-3H3/t15-/m1/s1. The van der Waals surface area contributed by atoms with Gasteiger partial charge >= 0.3 is 0 Å². The molecule has 5 heteroatoms. The Balaban J connectivity index is 1.77. The highest BCUT2D eigenvalue weighted by Crippen LogP contribution is 2.26. The number of hydrogen-bond donors (Lipinski definition) is 0. The molecule has 0 saturated carbocycles. The van der Waals surface area contributed by atoms with E-state index in [4.69, 9.17) is 9.47 Å². The predicted octanol–water partition coefficient (Wildman–Crippen LogP) is 2.02. The molecule has 0 radical (unpaired) electrons. The zero-order valence-corrected chi connectivity index (χ0v) is 13.7. The maximum Gasteiger partial charge on any atom is 0.219 e. The molecule has 0 bridgehead atoms. The van der Waals surface area contributed by atoms with Gasteiger partial charge in [0.05, 0.1) is 6.61 Å². The highest BCUT2D eigenvalue weighted by atomic mass is 16.5. The molecule has 1 aromatic carbocycles. The first kappa shape index (κ1) is 16.6. The lowest BCUT2D eigenvalue weighted by molar-refractivity contribution is -0.129. The Hall–Kier alpha value is -1.75. The average Bonchev–Trinajstić information content (AvgIpc) is 2.97. The van der Waals surface area contributed by atoms with E-state index in [0.29, 0.717) is 19.3 Å². The van der Waals surface area contributed by atoms with Gasteiger partial charge in [0.2, 0.25) is 5.91 Å². The first-order chi connectivity index (χ1) is 10.6. The molecule has 1 saturated heterocycles. The first-order valence-corrected chi connectivity index (χ1v) is 7.92. The summed E-state index contributed by atoms with van der Waals surface area (Å²) in [6, 6.07) is 8.08. The Morgan fingerprint density at radius 2 is 2.00 bits per heavy atom. The molecule has 5 nitrogen and oxygen atoms in total. The van der Waals surface area contributed by atoms with Gasteiger partial charge in [-0.15, -0.1) is 0 Å². The topological polar surface area (TPSA) is 42.0 Å². The fraction of sp³-hybridized carbons (Fsp3) is 0.588. The van der Waals surface area contributed by atoms with E-state index in [2.05, 4.69) is 4.90 Å². The molecule has 0 unspecified atom stereocenters. The third-order valence-electron chi connectivity index (χ3n) is 4.11. The van der Waals surface area contributed by atoms with Crippen LogP contribution in [0.5, 0.6) is 11.5 Å². The van der Waals surface area contributed by atoms with Crippen LogP contribution in [0.1, 0.15) is 20.3 Å². The fourth-order valence-electron chi connectivity index (χ4n) is 2.72.